The van der Waals surface area contributed by atoms with Crippen LogP contribution in [0.5, 0.6) is 5.75 Å². The van der Waals surface area contributed by atoms with E-state index in [2.05, 4.69) is 15.9 Å². The van der Waals surface area contributed by atoms with Gasteiger partial charge in [-0.2, -0.15) is 0 Å². The molecular weight excluding hydrogens is 286 g/mol. The van der Waals surface area contributed by atoms with Crippen LogP contribution in [0.4, 0.5) is 5.69 Å². The Morgan fingerprint density at radius 1 is 1.41 bits per heavy atom. The Morgan fingerprint density at radius 2 is 2.18 bits per heavy atom. The lowest BCUT2D eigenvalue weighted by Crippen LogP contribution is -2.05. The van der Waals surface area contributed by atoms with Crippen LogP contribution in [0.25, 0.3) is 0 Å². The van der Waals surface area contributed by atoms with Gasteiger partial charge in [-0.25, -0.2) is 0 Å². The maximum Gasteiger partial charge on any atom is 0.231 e. The lowest BCUT2D eigenvalue weighted by Gasteiger charge is -2.05. The third-order valence-corrected chi connectivity index (χ3v) is 2.95. The zero-order valence-corrected chi connectivity index (χ0v) is 10.7. The van der Waals surface area contributed by atoms with E-state index in [1.165, 1.54) is 6.26 Å². The molecule has 0 saturated heterocycles. The van der Waals surface area contributed by atoms with E-state index in [0.29, 0.717) is 21.5 Å². The van der Waals surface area contributed by atoms with E-state index in [-0.39, 0.29) is 11.5 Å². The number of ketones is 1. The number of halogens is 1. The average molecular weight is 296 g/mol. The van der Waals surface area contributed by atoms with Crippen LogP contribution in [-0.2, 0) is 0 Å². The molecule has 0 aliphatic carbocycles. The quantitative estimate of drug-likeness (QED) is 0.698. The van der Waals surface area contributed by atoms with Gasteiger partial charge in [0.15, 0.2) is 5.76 Å². The van der Waals surface area contributed by atoms with Crippen molar-refractivity contribution in [3.8, 4) is 5.75 Å². The second-order valence-electron chi connectivity index (χ2n) is 3.38. The molecule has 0 aliphatic heterocycles. The maximum absolute atomic E-state index is 12.1. The molecule has 1 aromatic carbocycles. The molecule has 2 N–H and O–H groups in total. The molecule has 0 aliphatic rings. The van der Waals surface area contributed by atoms with Crippen LogP contribution in [0.1, 0.15) is 16.1 Å². The molecule has 0 amide bonds. The number of furan rings is 1. The Morgan fingerprint density at radius 3 is 2.71 bits per heavy atom. The minimum atomic E-state index is -0.262. The van der Waals surface area contributed by atoms with Crippen LogP contribution >= 0.6 is 15.9 Å². The van der Waals surface area contributed by atoms with Crippen molar-refractivity contribution in [2.75, 3.05) is 12.8 Å². The number of ether oxygens (including phenoxy) is 1. The highest BCUT2D eigenvalue weighted by molar-refractivity contribution is 9.10. The highest BCUT2D eigenvalue weighted by Crippen LogP contribution is 2.26. The van der Waals surface area contributed by atoms with Crippen molar-refractivity contribution in [3.05, 3.63) is 46.3 Å². The Bertz CT molecular complexity index is 563. The van der Waals surface area contributed by atoms with E-state index in [0.717, 1.165) is 0 Å². The van der Waals surface area contributed by atoms with Gasteiger partial charge >= 0.3 is 0 Å². The molecule has 0 atom stereocenters. The molecule has 88 valence electrons. The molecule has 1 aromatic heterocycles. The van der Waals surface area contributed by atoms with E-state index < -0.39 is 0 Å². The molecule has 2 aromatic rings. The summed E-state index contributed by atoms with van der Waals surface area (Å²) in [5.74, 6) is 0.585. The number of carbonyl (C=O) groups is 1. The molecule has 0 spiro atoms. The van der Waals surface area contributed by atoms with Gasteiger partial charge in [0.25, 0.3) is 0 Å². The van der Waals surface area contributed by atoms with Crippen molar-refractivity contribution in [1.29, 1.82) is 0 Å². The summed E-state index contributed by atoms with van der Waals surface area (Å²) >= 11 is 3.24. The largest absolute Gasteiger partial charge is 0.497 e. The SMILES string of the molecule is COc1ccc(C(=O)c2occc2Br)c(N)c1. The van der Waals surface area contributed by atoms with Crippen molar-refractivity contribution in [2.24, 2.45) is 0 Å². The van der Waals surface area contributed by atoms with Crippen molar-refractivity contribution in [2.45, 2.75) is 0 Å². The highest BCUT2D eigenvalue weighted by atomic mass is 79.9. The van der Waals surface area contributed by atoms with Crippen molar-refractivity contribution < 1.29 is 13.9 Å². The molecule has 17 heavy (non-hydrogen) atoms. The molecule has 0 unspecified atom stereocenters. The number of rotatable bonds is 3. The number of benzene rings is 1. The van der Waals surface area contributed by atoms with Gasteiger partial charge < -0.3 is 14.9 Å². The summed E-state index contributed by atoms with van der Waals surface area (Å²) in [6, 6.07) is 6.56. The first-order chi connectivity index (χ1) is 8.13. The van der Waals surface area contributed by atoms with E-state index in [1.54, 1.807) is 31.4 Å². The van der Waals surface area contributed by atoms with Gasteiger partial charge in [-0.3, -0.25) is 4.79 Å². The fraction of sp³-hybridized carbons (Fsp3) is 0.0833. The average Bonchev–Trinajstić information content (AvgIpc) is 2.74. The van der Waals surface area contributed by atoms with Gasteiger partial charge in [-0.15, -0.1) is 0 Å². The van der Waals surface area contributed by atoms with Crippen LogP contribution in [0.15, 0.2) is 39.4 Å². The minimum Gasteiger partial charge on any atom is -0.497 e. The zero-order chi connectivity index (χ0) is 12.4. The fourth-order valence-corrected chi connectivity index (χ4v) is 1.83. The topological polar surface area (TPSA) is 65.5 Å². The van der Waals surface area contributed by atoms with Gasteiger partial charge in [-0.05, 0) is 34.1 Å². The Balaban J connectivity index is 2.41. The summed E-state index contributed by atoms with van der Waals surface area (Å²) < 4.78 is 10.7. The van der Waals surface area contributed by atoms with Gasteiger partial charge in [-0.1, -0.05) is 0 Å². The summed E-state index contributed by atoms with van der Waals surface area (Å²) in [5.41, 5.74) is 6.55. The number of anilines is 1. The molecule has 2 rings (SSSR count). The number of nitrogens with two attached hydrogens (primary N) is 1. The molecule has 5 heteroatoms. The molecule has 0 bridgehead atoms. The smallest absolute Gasteiger partial charge is 0.231 e. The number of nitrogen functional groups attached to an aromatic ring is 1. The summed E-state index contributed by atoms with van der Waals surface area (Å²) in [6.07, 6.45) is 1.44. The van der Waals surface area contributed by atoms with Crippen molar-refractivity contribution in [3.63, 3.8) is 0 Å². The first kappa shape index (κ1) is 11.7. The molecule has 4 nitrogen and oxygen atoms in total. The van der Waals surface area contributed by atoms with Gasteiger partial charge in [0.1, 0.15) is 5.75 Å². The monoisotopic (exact) mass is 295 g/mol. The summed E-state index contributed by atoms with van der Waals surface area (Å²) in [6.45, 7) is 0. The predicted octanol–water partition coefficient (Wildman–Crippen LogP) is 2.86. The lowest BCUT2D eigenvalue weighted by molar-refractivity contribution is 0.101. The third kappa shape index (κ3) is 2.19. The van der Waals surface area contributed by atoms with Gasteiger partial charge in [0, 0.05) is 17.3 Å². The molecule has 0 radical (unpaired) electrons. The Labute approximate surface area is 106 Å². The van der Waals surface area contributed by atoms with E-state index in [9.17, 15) is 4.79 Å². The number of hydrogen-bond acceptors (Lipinski definition) is 4. The predicted molar refractivity (Wildman–Crippen MR) is 67.2 cm³/mol. The zero-order valence-electron chi connectivity index (χ0n) is 9.07. The molecule has 0 saturated carbocycles. The van der Waals surface area contributed by atoms with Crippen LogP contribution < -0.4 is 10.5 Å². The standard InChI is InChI=1S/C12H10BrNO3/c1-16-7-2-3-8(10(14)6-7)11(15)12-9(13)4-5-17-12/h2-6H,14H2,1H3. The maximum atomic E-state index is 12.1. The summed E-state index contributed by atoms with van der Waals surface area (Å²) in [5, 5.41) is 0. The summed E-state index contributed by atoms with van der Waals surface area (Å²) in [7, 11) is 1.54. The van der Waals surface area contributed by atoms with Crippen LogP contribution in [-0.4, -0.2) is 12.9 Å². The third-order valence-electron chi connectivity index (χ3n) is 2.33. The van der Waals surface area contributed by atoms with Gasteiger partial charge in [0.05, 0.1) is 17.8 Å². The molecule has 0 fully saturated rings. The van der Waals surface area contributed by atoms with E-state index in [4.69, 9.17) is 14.9 Å². The molecule has 1 heterocycles. The van der Waals surface area contributed by atoms with Crippen LogP contribution in [0.2, 0.25) is 0 Å². The Hall–Kier alpha value is -1.75. The van der Waals surface area contributed by atoms with Gasteiger partial charge in [0.2, 0.25) is 5.78 Å². The Kier molecular flexibility index (Phi) is 3.19. The normalized spacial score (nSPS) is 10.2. The van der Waals surface area contributed by atoms with Crippen LogP contribution in [0.3, 0.4) is 0 Å². The van der Waals surface area contributed by atoms with Crippen LogP contribution in [0, 0.1) is 0 Å². The van der Waals surface area contributed by atoms with E-state index in [1.807, 2.05) is 0 Å². The first-order valence-corrected chi connectivity index (χ1v) is 5.64. The lowest BCUT2D eigenvalue weighted by atomic mass is 10.1. The number of carbonyl (C=O) groups excluding carboxylic acids is 1. The second-order valence-corrected chi connectivity index (χ2v) is 4.23. The highest BCUT2D eigenvalue weighted by Gasteiger charge is 2.18. The summed E-state index contributed by atoms with van der Waals surface area (Å²) in [4.78, 5) is 12.1. The second kappa shape index (κ2) is 4.63. The number of hydrogen-bond donors (Lipinski definition) is 1. The van der Waals surface area contributed by atoms with Crippen molar-refractivity contribution >= 4 is 27.4 Å². The van der Waals surface area contributed by atoms with Crippen molar-refractivity contribution in [1.82, 2.24) is 0 Å². The number of methoxy groups -OCH3 is 1. The minimum absolute atomic E-state index is 0.238. The fourth-order valence-electron chi connectivity index (χ4n) is 1.45. The molecular formula is C12H10BrNO3. The van der Waals surface area contributed by atoms with E-state index >= 15 is 0 Å². The first-order valence-electron chi connectivity index (χ1n) is 4.84.